The standard InChI is InChI=1S/C15H22IN3O2S/c1-10(2)13-6-8-14(9-7-13)22(21,16-20)18-15-11(3)17-19(5)12(15)4/h6-10,18,21H,1-5H3. The van der Waals surface area contributed by atoms with E-state index in [4.69, 9.17) is 0 Å². The number of rotatable bonds is 5. The summed E-state index contributed by atoms with van der Waals surface area (Å²) in [6.07, 6.45) is 0. The van der Waals surface area contributed by atoms with Crippen molar-refractivity contribution in [3.8, 4) is 0 Å². The SMILES string of the molecule is Cc1nn(C)c(C)c1NS(O)(I=O)c1ccc(C(C)C)cc1. The average molecular weight is 435 g/mol. The van der Waals surface area contributed by atoms with Crippen LogP contribution in [0.1, 0.15) is 36.7 Å². The summed E-state index contributed by atoms with van der Waals surface area (Å²) in [6.45, 7) is 8.04. The van der Waals surface area contributed by atoms with Crippen LogP contribution in [0.25, 0.3) is 0 Å². The van der Waals surface area contributed by atoms with Gasteiger partial charge in [0.1, 0.15) is 0 Å². The van der Waals surface area contributed by atoms with Gasteiger partial charge in [0.2, 0.25) is 19.8 Å². The Kier molecular flexibility index (Phi) is 5.29. The van der Waals surface area contributed by atoms with E-state index in [-0.39, 0.29) is 0 Å². The second kappa shape index (κ2) is 6.67. The quantitative estimate of drug-likeness (QED) is 0.645. The van der Waals surface area contributed by atoms with Crippen LogP contribution < -0.4 is 4.72 Å². The molecule has 1 atom stereocenters. The van der Waals surface area contributed by atoms with Crippen LogP contribution in [0.2, 0.25) is 0 Å². The third kappa shape index (κ3) is 3.36. The second-order valence-electron chi connectivity index (χ2n) is 5.57. The molecule has 0 saturated carbocycles. The van der Waals surface area contributed by atoms with E-state index in [2.05, 4.69) is 23.7 Å². The van der Waals surface area contributed by atoms with Gasteiger partial charge in [-0.25, -0.2) is 0 Å². The molecular formula is C15H22IN3O2S. The molecule has 0 spiro atoms. The van der Waals surface area contributed by atoms with Crippen LogP contribution in [0.4, 0.5) is 5.69 Å². The van der Waals surface area contributed by atoms with Crippen molar-refractivity contribution in [2.75, 3.05) is 4.72 Å². The molecule has 0 fully saturated rings. The lowest BCUT2D eigenvalue weighted by Gasteiger charge is -2.28. The Hall–Kier alpha value is -0.930. The summed E-state index contributed by atoms with van der Waals surface area (Å²) in [5, 5.41) is 4.33. The highest BCUT2D eigenvalue weighted by molar-refractivity contribution is 14.2. The smallest absolute Gasteiger partial charge is 0.246 e. The van der Waals surface area contributed by atoms with Gasteiger partial charge < -0.3 is 9.27 Å². The van der Waals surface area contributed by atoms with E-state index >= 15 is 0 Å². The molecule has 2 aromatic rings. The first-order chi connectivity index (χ1) is 10.3. The molecule has 1 heterocycles. The van der Waals surface area contributed by atoms with Crippen molar-refractivity contribution < 1.29 is 7.62 Å². The molecule has 2 N–H and O–H groups in total. The Morgan fingerprint density at radius 3 is 2.27 bits per heavy atom. The highest BCUT2D eigenvalue weighted by Gasteiger charge is 2.27. The zero-order valence-electron chi connectivity index (χ0n) is 13.4. The molecule has 1 unspecified atom stereocenters. The van der Waals surface area contributed by atoms with Crippen molar-refractivity contribution >= 4 is 33.2 Å². The Labute approximate surface area is 141 Å². The first-order valence-electron chi connectivity index (χ1n) is 7.01. The van der Waals surface area contributed by atoms with Crippen LogP contribution in [-0.4, -0.2) is 14.3 Å². The van der Waals surface area contributed by atoms with Crippen molar-refractivity contribution in [2.45, 2.75) is 38.5 Å². The molecule has 0 aliphatic rings. The number of aromatic nitrogens is 2. The Morgan fingerprint density at radius 1 is 1.27 bits per heavy atom. The van der Waals surface area contributed by atoms with E-state index in [1.807, 2.05) is 45.2 Å². The molecule has 0 bridgehead atoms. The normalized spacial score (nSPS) is 15.6. The molecule has 0 saturated heterocycles. The number of aryl methyl sites for hydroxylation is 2. The largest absolute Gasteiger partial charge is 0.319 e. The minimum Gasteiger partial charge on any atom is -0.319 e. The Morgan fingerprint density at radius 2 is 1.86 bits per heavy atom. The number of nitrogens with zero attached hydrogens (tertiary/aromatic N) is 2. The van der Waals surface area contributed by atoms with Crippen LogP contribution in [-0.2, 0) is 10.1 Å². The molecule has 0 aliphatic carbocycles. The van der Waals surface area contributed by atoms with Gasteiger partial charge in [0, 0.05) is 11.9 Å². The van der Waals surface area contributed by atoms with Crippen LogP contribution in [0.3, 0.4) is 0 Å². The summed E-state index contributed by atoms with van der Waals surface area (Å²) >= 11 is -1.65. The molecule has 5 nitrogen and oxygen atoms in total. The van der Waals surface area contributed by atoms with Crippen molar-refractivity contribution in [1.82, 2.24) is 9.78 Å². The van der Waals surface area contributed by atoms with Crippen molar-refractivity contribution in [3.63, 3.8) is 0 Å². The lowest BCUT2D eigenvalue weighted by molar-refractivity contribution is 0.638. The van der Waals surface area contributed by atoms with Crippen LogP contribution in [0, 0.1) is 13.8 Å². The van der Waals surface area contributed by atoms with Gasteiger partial charge in [0.25, 0.3) is 0 Å². The van der Waals surface area contributed by atoms with Crippen molar-refractivity contribution in [2.24, 2.45) is 7.05 Å². The van der Waals surface area contributed by atoms with Gasteiger partial charge in [0.05, 0.1) is 24.7 Å². The van der Waals surface area contributed by atoms with Crippen molar-refractivity contribution in [3.05, 3.63) is 41.2 Å². The number of hydrogen-bond donors (Lipinski definition) is 2. The lowest BCUT2D eigenvalue weighted by Crippen LogP contribution is -2.06. The monoisotopic (exact) mass is 435 g/mol. The van der Waals surface area contributed by atoms with Crippen LogP contribution in [0.5, 0.6) is 0 Å². The maximum atomic E-state index is 11.8. The topological polar surface area (TPSA) is 67.2 Å². The highest BCUT2D eigenvalue weighted by atomic mass is 127. The van der Waals surface area contributed by atoms with E-state index < -0.39 is 27.5 Å². The van der Waals surface area contributed by atoms with Gasteiger partial charge in [-0.3, -0.25) is 7.75 Å². The fraction of sp³-hybridized carbons (Fsp3) is 0.400. The molecule has 7 heteroatoms. The van der Waals surface area contributed by atoms with Crippen LogP contribution in [0.15, 0.2) is 29.2 Å². The second-order valence-corrected chi connectivity index (χ2v) is 12.3. The average Bonchev–Trinajstić information content (AvgIpc) is 2.73. The van der Waals surface area contributed by atoms with Crippen LogP contribution >= 0.6 is 27.5 Å². The summed E-state index contributed by atoms with van der Waals surface area (Å²) in [7, 11) is -0.679. The van der Waals surface area contributed by atoms with E-state index in [1.54, 1.807) is 4.68 Å². The van der Waals surface area contributed by atoms with Gasteiger partial charge in [-0.2, -0.15) is 5.10 Å². The van der Waals surface area contributed by atoms with E-state index in [0.717, 1.165) is 17.1 Å². The third-order valence-corrected chi connectivity index (χ3v) is 9.00. The van der Waals surface area contributed by atoms with Gasteiger partial charge in [-0.05, 0) is 37.5 Å². The maximum Gasteiger partial charge on any atom is 0.246 e. The van der Waals surface area contributed by atoms with E-state index in [9.17, 15) is 7.62 Å². The van der Waals surface area contributed by atoms with Gasteiger partial charge in [-0.1, -0.05) is 26.0 Å². The maximum absolute atomic E-state index is 11.8. The molecule has 22 heavy (non-hydrogen) atoms. The number of anilines is 1. The van der Waals surface area contributed by atoms with E-state index in [0.29, 0.717) is 10.8 Å². The predicted octanol–water partition coefficient (Wildman–Crippen LogP) is 5.06. The summed E-state index contributed by atoms with van der Waals surface area (Å²) in [4.78, 5) is 0.697. The molecule has 1 aromatic heterocycles. The zero-order chi connectivity index (χ0) is 16.5. The molecule has 0 radical (unpaired) electrons. The molecule has 1 aromatic carbocycles. The number of nitrogens with one attached hydrogen (secondary N) is 1. The first-order valence-corrected chi connectivity index (χ1v) is 12.0. The lowest BCUT2D eigenvalue weighted by atomic mass is 10.0. The number of halogens is 1. The minimum absolute atomic E-state index is 0.426. The number of benzene rings is 1. The summed E-state index contributed by atoms with van der Waals surface area (Å²) in [5.41, 5.74) is 3.67. The zero-order valence-corrected chi connectivity index (χ0v) is 16.4. The van der Waals surface area contributed by atoms with E-state index in [1.165, 1.54) is 5.56 Å². The first kappa shape index (κ1) is 17.4. The summed E-state index contributed by atoms with van der Waals surface area (Å²) < 4.78 is 27.6. The predicted molar refractivity (Wildman–Crippen MR) is 100 cm³/mol. The summed E-state index contributed by atoms with van der Waals surface area (Å²) in [6, 6.07) is 7.72. The summed E-state index contributed by atoms with van der Waals surface area (Å²) in [5.74, 6) is 0.426. The van der Waals surface area contributed by atoms with Gasteiger partial charge in [0.15, 0.2) is 0 Å². The fourth-order valence-electron chi connectivity index (χ4n) is 2.20. The third-order valence-electron chi connectivity index (χ3n) is 3.70. The van der Waals surface area contributed by atoms with Gasteiger partial charge >= 0.3 is 0 Å². The molecule has 122 valence electrons. The number of hydrogen-bond acceptors (Lipinski definition) is 4. The fourth-order valence-corrected chi connectivity index (χ4v) is 5.92. The highest BCUT2D eigenvalue weighted by Crippen LogP contribution is 2.62. The molecule has 0 aliphatic heterocycles. The molecular weight excluding hydrogens is 413 g/mol. The molecule has 0 amide bonds. The van der Waals surface area contributed by atoms with Crippen molar-refractivity contribution in [1.29, 1.82) is 0 Å². The Balaban J connectivity index is 2.37. The minimum atomic E-state index is -2.53. The van der Waals surface area contributed by atoms with Gasteiger partial charge in [-0.15, -0.1) is 0 Å². The Bertz CT molecular complexity index is 685. The molecule has 2 rings (SSSR count).